The fraction of sp³-hybridized carbons (Fsp3) is 0.296. The number of thiazole rings is 1. The summed E-state index contributed by atoms with van der Waals surface area (Å²) in [6.45, 7) is 3.80. The summed E-state index contributed by atoms with van der Waals surface area (Å²) >= 11 is 1.78. The first kappa shape index (κ1) is 21.3. The van der Waals surface area contributed by atoms with Gasteiger partial charge in [0, 0.05) is 19.0 Å². The van der Waals surface area contributed by atoms with E-state index in [1.807, 2.05) is 48.5 Å². The van der Waals surface area contributed by atoms with Crippen LogP contribution in [0.15, 0.2) is 66.7 Å². The molecular weight excluding hydrogens is 444 g/mol. The number of aromatic nitrogens is 1. The maximum Gasteiger partial charge on any atom is 0.326 e. The van der Waals surface area contributed by atoms with E-state index in [9.17, 15) is 9.59 Å². The molecular formula is C27H26N4O2S. The first-order valence-corrected chi connectivity index (χ1v) is 12.5. The van der Waals surface area contributed by atoms with Crippen molar-refractivity contribution in [1.82, 2.24) is 20.1 Å². The van der Waals surface area contributed by atoms with Crippen LogP contribution in [0.2, 0.25) is 0 Å². The minimum absolute atomic E-state index is 0.193. The minimum atomic E-state index is -1.06. The molecule has 0 unspecified atom stereocenters. The van der Waals surface area contributed by atoms with Crippen molar-refractivity contribution in [2.24, 2.45) is 0 Å². The zero-order valence-corrected chi connectivity index (χ0v) is 19.8. The van der Waals surface area contributed by atoms with Crippen molar-refractivity contribution in [2.45, 2.75) is 31.2 Å². The molecule has 7 heteroatoms. The summed E-state index contributed by atoms with van der Waals surface area (Å²) in [6.07, 6.45) is 1.96. The Morgan fingerprint density at radius 1 is 1.00 bits per heavy atom. The predicted octanol–water partition coefficient (Wildman–Crippen LogP) is 5.05. The van der Waals surface area contributed by atoms with Crippen LogP contribution in [-0.4, -0.2) is 46.5 Å². The van der Waals surface area contributed by atoms with E-state index in [0.29, 0.717) is 12.6 Å². The number of likely N-dealkylation sites (tertiary alicyclic amines) is 1. The van der Waals surface area contributed by atoms with Gasteiger partial charge in [-0.1, -0.05) is 48.5 Å². The number of nitrogens with one attached hydrogen (secondary N) is 1. The van der Waals surface area contributed by atoms with Crippen LogP contribution in [-0.2, 0) is 10.3 Å². The second-order valence-electron chi connectivity index (χ2n) is 9.40. The van der Waals surface area contributed by atoms with Crippen molar-refractivity contribution in [3.8, 4) is 0 Å². The summed E-state index contributed by atoms with van der Waals surface area (Å²) in [5, 5.41) is 6.31. The van der Waals surface area contributed by atoms with E-state index < -0.39 is 5.54 Å². The van der Waals surface area contributed by atoms with Crippen molar-refractivity contribution in [3.05, 3.63) is 77.3 Å². The molecule has 1 atom stereocenters. The van der Waals surface area contributed by atoms with Gasteiger partial charge in [0.05, 0.1) is 21.9 Å². The van der Waals surface area contributed by atoms with Crippen molar-refractivity contribution < 1.29 is 9.59 Å². The number of hydrogen-bond donors (Lipinski definition) is 1. The Kier molecular flexibility index (Phi) is 5.12. The van der Waals surface area contributed by atoms with E-state index in [0.717, 1.165) is 47.8 Å². The average molecular weight is 471 g/mol. The number of urea groups is 1. The van der Waals surface area contributed by atoms with Crippen LogP contribution in [0.4, 0.5) is 4.79 Å². The zero-order chi connectivity index (χ0) is 23.3. The Morgan fingerprint density at radius 2 is 1.74 bits per heavy atom. The number of piperidine rings is 1. The molecule has 1 aromatic heterocycles. The Morgan fingerprint density at radius 3 is 2.53 bits per heavy atom. The molecule has 0 spiro atoms. The number of fused-ring (bicyclic) bond motifs is 2. The molecule has 2 fully saturated rings. The van der Waals surface area contributed by atoms with Gasteiger partial charge in [-0.2, -0.15) is 0 Å². The fourth-order valence-electron chi connectivity index (χ4n) is 5.11. The molecule has 6 rings (SSSR count). The number of hydrogen-bond acceptors (Lipinski definition) is 5. The topological polar surface area (TPSA) is 65.5 Å². The molecule has 2 saturated heterocycles. The van der Waals surface area contributed by atoms with Gasteiger partial charge < -0.3 is 5.32 Å². The number of amides is 3. The van der Waals surface area contributed by atoms with Crippen LogP contribution in [0.1, 0.15) is 36.3 Å². The lowest BCUT2D eigenvalue weighted by Crippen LogP contribution is -2.46. The number of benzene rings is 3. The van der Waals surface area contributed by atoms with Gasteiger partial charge in [-0.25, -0.2) is 14.7 Å². The van der Waals surface area contributed by atoms with E-state index in [-0.39, 0.29) is 11.9 Å². The second-order valence-corrected chi connectivity index (χ2v) is 10.5. The van der Waals surface area contributed by atoms with Gasteiger partial charge >= 0.3 is 6.03 Å². The Bertz CT molecular complexity index is 1380. The highest BCUT2D eigenvalue weighted by atomic mass is 32.1. The maximum absolute atomic E-state index is 13.4. The fourth-order valence-corrected chi connectivity index (χ4v) is 6.24. The van der Waals surface area contributed by atoms with Crippen LogP contribution >= 0.6 is 11.3 Å². The number of carbonyl (C=O) groups excluding carboxylic acids is 2. The van der Waals surface area contributed by atoms with Gasteiger partial charge in [0.25, 0.3) is 5.91 Å². The average Bonchev–Trinajstić information content (AvgIpc) is 3.39. The summed E-state index contributed by atoms with van der Waals surface area (Å²) < 4.78 is 1.23. The van der Waals surface area contributed by atoms with E-state index in [2.05, 4.69) is 28.4 Å². The molecule has 3 aromatic carbocycles. The third kappa shape index (κ3) is 3.56. The smallest absolute Gasteiger partial charge is 0.319 e. The second kappa shape index (κ2) is 8.18. The first-order valence-electron chi connectivity index (χ1n) is 11.7. The zero-order valence-electron chi connectivity index (χ0n) is 19.0. The highest BCUT2D eigenvalue weighted by molar-refractivity contribution is 7.18. The van der Waals surface area contributed by atoms with Gasteiger partial charge in [0.2, 0.25) is 0 Å². The third-order valence-electron chi connectivity index (χ3n) is 7.19. The van der Waals surface area contributed by atoms with Gasteiger partial charge in [0.15, 0.2) is 0 Å². The summed E-state index contributed by atoms with van der Waals surface area (Å²) in [5.41, 5.74) is 0.819. The lowest BCUT2D eigenvalue weighted by atomic mass is 9.90. The molecule has 1 N–H and O–H groups in total. The maximum atomic E-state index is 13.4. The van der Waals surface area contributed by atoms with E-state index >= 15 is 0 Å². The molecule has 0 saturated carbocycles. The molecule has 2 aliphatic rings. The van der Waals surface area contributed by atoms with Gasteiger partial charge in [0.1, 0.15) is 5.54 Å². The van der Waals surface area contributed by atoms with E-state index in [1.54, 1.807) is 18.3 Å². The number of carbonyl (C=O) groups is 2. The molecule has 34 heavy (non-hydrogen) atoms. The SMILES string of the molecule is C[C@]1(c2ccc3ccccc3c2)NC(=O)N(CN2CCC(c3nc4ccccc4s3)CC2)C1=O. The summed E-state index contributed by atoms with van der Waals surface area (Å²) in [5.74, 6) is 0.237. The normalized spacial score (nSPS) is 22.1. The quantitative estimate of drug-likeness (QED) is 0.424. The summed E-state index contributed by atoms with van der Waals surface area (Å²) in [7, 11) is 0. The summed E-state index contributed by atoms with van der Waals surface area (Å²) in [4.78, 5) is 34.7. The number of rotatable bonds is 4. The predicted molar refractivity (Wildman–Crippen MR) is 135 cm³/mol. The molecule has 172 valence electrons. The molecule has 0 aliphatic carbocycles. The van der Waals surface area contributed by atoms with Crippen LogP contribution in [0.5, 0.6) is 0 Å². The van der Waals surface area contributed by atoms with Gasteiger partial charge in [-0.3, -0.25) is 9.69 Å². The number of para-hydroxylation sites is 1. The van der Waals surface area contributed by atoms with E-state index in [1.165, 1.54) is 14.6 Å². The molecule has 4 aromatic rings. The first-order chi connectivity index (χ1) is 16.5. The monoisotopic (exact) mass is 470 g/mol. The van der Waals surface area contributed by atoms with Crippen molar-refractivity contribution >= 4 is 44.3 Å². The van der Waals surface area contributed by atoms with Crippen LogP contribution < -0.4 is 5.32 Å². The Hall–Kier alpha value is -3.29. The van der Waals surface area contributed by atoms with Crippen LogP contribution in [0, 0.1) is 0 Å². The molecule has 3 amide bonds. The Balaban J connectivity index is 1.14. The lowest BCUT2D eigenvalue weighted by Gasteiger charge is -2.33. The van der Waals surface area contributed by atoms with Crippen molar-refractivity contribution in [2.75, 3.05) is 19.8 Å². The number of imide groups is 1. The van der Waals surface area contributed by atoms with Gasteiger partial charge in [-0.05, 0) is 54.3 Å². The molecule has 2 aliphatic heterocycles. The molecule has 6 nitrogen and oxygen atoms in total. The molecule has 0 radical (unpaired) electrons. The van der Waals surface area contributed by atoms with E-state index in [4.69, 9.17) is 4.98 Å². The highest BCUT2D eigenvalue weighted by Gasteiger charge is 2.49. The lowest BCUT2D eigenvalue weighted by molar-refractivity contribution is -0.132. The standard InChI is InChI=1S/C27H26N4O2S/c1-27(21-11-10-18-6-2-3-7-20(18)16-21)25(32)31(26(33)29-27)17-30-14-12-19(13-15-30)24-28-22-8-4-5-9-23(22)34-24/h2-11,16,19H,12-15,17H2,1H3,(H,29,33)/t27-/m1/s1. The highest BCUT2D eigenvalue weighted by Crippen LogP contribution is 2.35. The number of nitrogens with zero attached hydrogens (tertiary/aromatic N) is 3. The Labute approximate surface area is 202 Å². The van der Waals surface area contributed by atoms with Gasteiger partial charge in [-0.15, -0.1) is 11.3 Å². The third-order valence-corrected chi connectivity index (χ3v) is 8.39. The van der Waals surface area contributed by atoms with Crippen molar-refractivity contribution in [3.63, 3.8) is 0 Å². The largest absolute Gasteiger partial charge is 0.326 e. The van der Waals surface area contributed by atoms with Crippen LogP contribution in [0.3, 0.4) is 0 Å². The van der Waals surface area contributed by atoms with Crippen molar-refractivity contribution in [1.29, 1.82) is 0 Å². The summed E-state index contributed by atoms with van der Waals surface area (Å²) in [6, 6.07) is 21.9. The van der Waals surface area contributed by atoms with Crippen LogP contribution in [0.25, 0.3) is 21.0 Å². The minimum Gasteiger partial charge on any atom is -0.319 e. The molecule has 3 heterocycles. The molecule has 0 bridgehead atoms.